The van der Waals surface area contributed by atoms with Gasteiger partial charge in [0.25, 0.3) is 11.8 Å². The molecule has 0 radical (unpaired) electrons. The monoisotopic (exact) mass is 407 g/mol. The molecule has 6 heteroatoms. The van der Waals surface area contributed by atoms with Crippen LogP contribution in [0.15, 0.2) is 54.2 Å². The van der Waals surface area contributed by atoms with Crippen molar-refractivity contribution in [1.29, 1.82) is 0 Å². The van der Waals surface area contributed by atoms with E-state index in [4.69, 9.17) is 0 Å². The second-order valence-corrected chi connectivity index (χ2v) is 8.16. The number of aryl methyl sites for hydroxylation is 1. The van der Waals surface area contributed by atoms with Crippen LogP contribution < -0.4 is 4.90 Å². The van der Waals surface area contributed by atoms with Crippen LogP contribution >= 0.6 is 0 Å². The third-order valence-electron chi connectivity index (χ3n) is 6.05. The number of likely N-dealkylation sites (N-methyl/N-ethyl adjacent to an activating group) is 1. The molecule has 156 valence electrons. The van der Waals surface area contributed by atoms with Gasteiger partial charge in [-0.3, -0.25) is 9.59 Å². The first-order chi connectivity index (χ1) is 14.4. The number of hydrogen-bond donors (Lipinski definition) is 0. The Kier molecular flexibility index (Phi) is 5.43. The molecule has 0 aromatic heterocycles. The smallest absolute Gasteiger partial charge is 0.282 e. The van der Waals surface area contributed by atoms with Crippen LogP contribution in [0.3, 0.4) is 0 Å². The Bertz CT molecular complexity index is 1010. The van der Waals surface area contributed by atoms with Gasteiger partial charge in [-0.25, -0.2) is 9.29 Å². The average Bonchev–Trinajstić information content (AvgIpc) is 2.99. The number of carbonyl (C=O) groups is 2. The van der Waals surface area contributed by atoms with Gasteiger partial charge in [0.1, 0.15) is 11.5 Å². The Morgan fingerprint density at radius 3 is 2.30 bits per heavy atom. The zero-order chi connectivity index (χ0) is 21.4. The second kappa shape index (κ2) is 8.03. The quantitative estimate of drug-likeness (QED) is 0.729. The van der Waals surface area contributed by atoms with Crippen molar-refractivity contribution in [3.63, 3.8) is 0 Å². The van der Waals surface area contributed by atoms with E-state index in [2.05, 4.69) is 11.9 Å². The summed E-state index contributed by atoms with van der Waals surface area (Å²) >= 11 is 0. The molecule has 30 heavy (non-hydrogen) atoms. The number of halogens is 1. The lowest BCUT2D eigenvalue weighted by Gasteiger charge is -2.36. The number of imide groups is 1. The van der Waals surface area contributed by atoms with E-state index in [1.807, 2.05) is 43.1 Å². The fourth-order valence-electron chi connectivity index (χ4n) is 4.24. The number of nitrogens with zero attached hydrogens (tertiary/aromatic N) is 3. The molecule has 1 fully saturated rings. The Morgan fingerprint density at radius 2 is 1.67 bits per heavy atom. The van der Waals surface area contributed by atoms with E-state index in [0.717, 1.165) is 36.4 Å². The summed E-state index contributed by atoms with van der Waals surface area (Å²) < 4.78 is 13.8. The van der Waals surface area contributed by atoms with E-state index in [0.29, 0.717) is 16.8 Å². The maximum Gasteiger partial charge on any atom is 0.282 e. The lowest BCUT2D eigenvalue weighted by atomic mass is 9.99. The van der Waals surface area contributed by atoms with Gasteiger partial charge in [-0.15, -0.1) is 0 Å². The Hall–Kier alpha value is -2.99. The highest BCUT2D eigenvalue weighted by molar-refractivity contribution is 6.45. The second-order valence-electron chi connectivity index (χ2n) is 8.16. The van der Waals surface area contributed by atoms with Gasteiger partial charge in [-0.1, -0.05) is 35.9 Å². The molecular formula is C24H26FN3O2. The first-order valence-corrected chi connectivity index (χ1v) is 10.2. The first-order valence-electron chi connectivity index (χ1n) is 10.2. The molecule has 2 aromatic carbocycles. The van der Waals surface area contributed by atoms with Gasteiger partial charge in [0.2, 0.25) is 0 Å². The number of hydrogen-bond acceptors (Lipinski definition) is 4. The van der Waals surface area contributed by atoms with Crippen molar-refractivity contribution in [2.75, 3.05) is 32.1 Å². The largest absolute Gasteiger partial charge is 0.366 e. The Labute approximate surface area is 176 Å². The summed E-state index contributed by atoms with van der Waals surface area (Å²) in [6.45, 7) is 3.86. The molecule has 2 aliphatic rings. The van der Waals surface area contributed by atoms with Crippen LogP contribution in [-0.4, -0.2) is 54.8 Å². The lowest BCUT2D eigenvalue weighted by molar-refractivity contribution is -0.120. The van der Waals surface area contributed by atoms with Gasteiger partial charge in [0.15, 0.2) is 0 Å². The van der Waals surface area contributed by atoms with E-state index in [1.165, 1.54) is 18.2 Å². The predicted molar refractivity (Wildman–Crippen MR) is 115 cm³/mol. The molecule has 0 spiro atoms. The number of likely N-dealkylation sites (tertiary alicyclic amines) is 1. The van der Waals surface area contributed by atoms with E-state index in [1.54, 1.807) is 6.07 Å². The molecule has 0 aliphatic carbocycles. The van der Waals surface area contributed by atoms with Crippen LogP contribution in [0.1, 0.15) is 24.0 Å². The van der Waals surface area contributed by atoms with Crippen LogP contribution in [0.25, 0.3) is 5.57 Å². The zero-order valence-corrected chi connectivity index (χ0v) is 17.6. The first kappa shape index (κ1) is 20.3. The summed E-state index contributed by atoms with van der Waals surface area (Å²) in [4.78, 5) is 32.3. The van der Waals surface area contributed by atoms with Crippen molar-refractivity contribution >= 4 is 23.1 Å². The average molecular weight is 407 g/mol. The Balaban J connectivity index is 1.79. The van der Waals surface area contributed by atoms with Gasteiger partial charge in [0, 0.05) is 13.1 Å². The number of benzene rings is 2. The van der Waals surface area contributed by atoms with E-state index in [-0.39, 0.29) is 11.7 Å². The van der Waals surface area contributed by atoms with Gasteiger partial charge < -0.3 is 9.80 Å². The fourth-order valence-corrected chi connectivity index (χ4v) is 4.24. The van der Waals surface area contributed by atoms with Crippen LogP contribution in [0.4, 0.5) is 10.1 Å². The molecule has 1 saturated heterocycles. The minimum Gasteiger partial charge on any atom is -0.366 e. The van der Waals surface area contributed by atoms with Gasteiger partial charge in [-0.2, -0.15) is 0 Å². The normalized spacial score (nSPS) is 18.5. The molecule has 2 aliphatic heterocycles. The summed E-state index contributed by atoms with van der Waals surface area (Å²) in [5.41, 5.74) is 2.80. The minimum atomic E-state index is -0.484. The summed E-state index contributed by atoms with van der Waals surface area (Å²) in [6, 6.07) is 13.4. The zero-order valence-electron chi connectivity index (χ0n) is 17.6. The number of rotatable bonds is 4. The minimum absolute atomic E-state index is 0.167. The van der Waals surface area contributed by atoms with Crippen LogP contribution in [0, 0.1) is 12.7 Å². The van der Waals surface area contributed by atoms with Crippen molar-refractivity contribution in [3.8, 4) is 0 Å². The van der Waals surface area contributed by atoms with E-state index >= 15 is 0 Å². The number of carbonyl (C=O) groups excluding carboxylic acids is 2. The molecule has 2 aromatic rings. The summed E-state index contributed by atoms with van der Waals surface area (Å²) in [7, 11) is 3.98. The van der Waals surface area contributed by atoms with Gasteiger partial charge >= 0.3 is 0 Å². The number of amides is 2. The van der Waals surface area contributed by atoms with Crippen molar-refractivity contribution in [3.05, 3.63) is 71.2 Å². The maximum absolute atomic E-state index is 13.8. The highest BCUT2D eigenvalue weighted by Crippen LogP contribution is 2.36. The molecule has 2 amide bonds. The Morgan fingerprint density at radius 1 is 1.00 bits per heavy atom. The summed E-state index contributed by atoms with van der Waals surface area (Å²) in [5.74, 6) is -1.30. The fraction of sp³-hybridized carbons (Fsp3) is 0.333. The summed E-state index contributed by atoms with van der Waals surface area (Å²) in [6.07, 6.45) is 1.83. The molecule has 2 heterocycles. The van der Waals surface area contributed by atoms with Gasteiger partial charge in [-0.05, 0) is 63.7 Å². The van der Waals surface area contributed by atoms with Crippen LogP contribution in [0.5, 0.6) is 0 Å². The molecule has 5 nitrogen and oxygen atoms in total. The van der Waals surface area contributed by atoms with Crippen molar-refractivity contribution in [2.45, 2.75) is 25.8 Å². The van der Waals surface area contributed by atoms with Crippen LogP contribution in [0.2, 0.25) is 0 Å². The topological polar surface area (TPSA) is 43.9 Å². The summed E-state index contributed by atoms with van der Waals surface area (Å²) in [5, 5.41) is 0. The molecule has 0 bridgehead atoms. The predicted octanol–water partition coefficient (Wildman–Crippen LogP) is 3.44. The number of anilines is 1. The van der Waals surface area contributed by atoms with Crippen molar-refractivity contribution < 1.29 is 14.0 Å². The standard InChI is InChI=1S/C24H26FN3O2/c1-16-7-9-17(10-8-16)21-22(27(3)19-11-13-26(2)14-12-19)24(30)28(23(21)29)20-6-4-5-18(25)15-20/h4-10,15,19H,11-14H2,1-3H3. The van der Waals surface area contributed by atoms with E-state index < -0.39 is 17.6 Å². The van der Waals surface area contributed by atoms with Crippen molar-refractivity contribution in [1.82, 2.24) is 9.80 Å². The van der Waals surface area contributed by atoms with Gasteiger partial charge in [0.05, 0.1) is 11.3 Å². The highest BCUT2D eigenvalue weighted by atomic mass is 19.1. The lowest BCUT2D eigenvalue weighted by Crippen LogP contribution is -2.43. The van der Waals surface area contributed by atoms with Crippen molar-refractivity contribution in [2.24, 2.45) is 0 Å². The SMILES string of the molecule is Cc1ccc(C2=C(N(C)C3CCN(C)CC3)C(=O)N(c3cccc(F)c3)C2=O)cc1. The third kappa shape index (κ3) is 3.63. The molecular weight excluding hydrogens is 381 g/mol. The highest BCUT2D eigenvalue weighted by Gasteiger charge is 2.43. The van der Waals surface area contributed by atoms with E-state index in [9.17, 15) is 14.0 Å². The molecule has 0 N–H and O–H groups in total. The third-order valence-corrected chi connectivity index (χ3v) is 6.05. The molecule has 0 saturated carbocycles. The molecule has 0 atom stereocenters. The number of piperidine rings is 1. The van der Waals surface area contributed by atoms with Crippen LogP contribution in [-0.2, 0) is 9.59 Å². The maximum atomic E-state index is 13.8. The molecule has 0 unspecified atom stereocenters. The molecule has 4 rings (SSSR count).